The Bertz CT molecular complexity index is 2590. The number of hydrogen-bond acceptors (Lipinski definition) is 4. The number of fused-ring (bicyclic) bond motifs is 12. The zero-order valence-corrected chi connectivity index (χ0v) is 27.9. The Kier molecular flexibility index (Phi) is 6.09. The van der Waals surface area contributed by atoms with Gasteiger partial charge in [-0.1, -0.05) is 109 Å². The largest absolute Gasteiger partial charge is 0.476 e. The van der Waals surface area contributed by atoms with Crippen LogP contribution in [0.5, 0.6) is 0 Å². The number of ether oxygens (including phenoxy) is 2. The Morgan fingerprint density at radius 2 is 0.902 bits per heavy atom. The molecule has 2 aliphatic heterocycles. The van der Waals surface area contributed by atoms with Gasteiger partial charge in [-0.05, 0) is 114 Å². The van der Waals surface area contributed by atoms with E-state index in [-0.39, 0.29) is 0 Å². The maximum absolute atomic E-state index is 5.74. The molecule has 4 aliphatic rings. The molecule has 11 rings (SSSR count). The lowest BCUT2D eigenvalue weighted by atomic mass is 9.69. The number of rotatable bonds is 4. The highest BCUT2D eigenvalue weighted by atomic mass is 16.5. The minimum Gasteiger partial charge on any atom is -0.476 e. The molecule has 4 nitrogen and oxygen atoms in total. The Labute approximate surface area is 296 Å². The lowest BCUT2D eigenvalue weighted by molar-refractivity contribution is 0.348. The Balaban J connectivity index is 1.11. The van der Waals surface area contributed by atoms with Crippen LogP contribution in [0.1, 0.15) is 33.4 Å². The zero-order valence-electron chi connectivity index (χ0n) is 27.9. The fourth-order valence-corrected chi connectivity index (χ4v) is 8.97. The first kappa shape index (κ1) is 28.6. The number of hydrogen-bond donors (Lipinski definition) is 0. The normalized spacial score (nSPS) is 15.8. The van der Waals surface area contributed by atoms with Crippen molar-refractivity contribution in [3.05, 3.63) is 179 Å². The Morgan fingerprint density at radius 3 is 1.49 bits per heavy atom. The molecule has 7 aromatic carbocycles. The molecule has 51 heavy (non-hydrogen) atoms. The van der Waals surface area contributed by atoms with E-state index in [0.717, 1.165) is 36.0 Å². The molecule has 0 N–H and O–H groups in total. The van der Waals surface area contributed by atoms with Gasteiger partial charge in [-0.2, -0.15) is 0 Å². The summed E-state index contributed by atoms with van der Waals surface area (Å²) in [6.45, 7) is 2.77. The van der Waals surface area contributed by atoms with Gasteiger partial charge in [-0.3, -0.25) is 0 Å². The van der Waals surface area contributed by atoms with Gasteiger partial charge in [0.25, 0.3) is 0 Å². The summed E-state index contributed by atoms with van der Waals surface area (Å²) in [6.07, 6.45) is 0. The van der Waals surface area contributed by atoms with Crippen molar-refractivity contribution in [1.82, 2.24) is 0 Å². The van der Waals surface area contributed by atoms with E-state index in [1.165, 1.54) is 77.5 Å². The van der Waals surface area contributed by atoms with E-state index in [9.17, 15) is 0 Å². The van der Waals surface area contributed by atoms with E-state index in [2.05, 4.69) is 156 Å². The van der Waals surface area contributed by atoms with Crippen LogP contribution in [-0.2, 0) is 14.9 Å². The van der Waals surface area contributed by atoms with Crippen LogP contribution in [0.3, 0.4) is 0 Å². The van der Waals surface area contributed by atoms with Crippen LogP contribution >= 0.6 is 0 Å². The van der Waals surface area contributed by atoms with Crippen LogP contribution in [0, 0.1) is 0 Å². The van der Waals surface area contributed by atoms with Gasteiger partial charge in [0.05, 0.1) is 18.5 Å². The third-order valence-electron chi connectivity index (χ3n) is 11.2. The van der Waals surface area contributed by atoms with Gasteiger partial charge in [-0.15, -0.1) is 0 Å². The minimum atomic E-state index is -0.453. The van der Waals surface area contributed by atoms with Crippen molar-refractivity contribution in [3.63, 3.8) is 0 Å². The van der Waals surface area contributed by atoms with E-state index < -0.39 is 5.41 Å². The van der Waals surface area contributed by atoms with E-state index in [1.54, 1.807) is 0 Å². The summed E-state index contributed by atoms with van der Waals surface area (Å²) in [4.78, 5) is 9.01. The standard InChI is InChI=1S/C47H32N2O2/c1-3-7-41-37(5-1)38-6-2-4-8-42(38)47(41)43-28-34(30-11-15-32(16-12-30)46-49-24-26-51-46)18-21-39(43)40-22-19-35-27-33(17-20-36(35)44(40)47)29-9-13-31(14-10-29)45-48-23-25-50-45/h1-22,27-28H,23-26H2. The topological polar surface area (TPSA) is 43.2 Å². The Morgan fingerprint density at radius 1 is 0.412 bits per heavy atom. The predicted octanol–water partition coefficient (Wildman–Crippen LogP) is 10.1. The highest BCUT2D eigenvalue weighted by Gasteiger charge is 2.52. The molecule has 2 heterocycles. The SMILES string of the molecule is c1ccc2c(c1)-c1ccccc1C21c2cc(-c3ccc(C4=NCCO4)cc3)ccc2-c2ccc3cc(-c4ccc(C5=NCCO5)cc4)ccc3c21. The van der Waals surface area contributed by atoms with E-state index in [0.29, 0.717) is 13.2 Å². The first-order valence-corrected chi connectivity index (χ1v) is 17.7. The van der Waals surface area contributed by atoms with Crippen LogP contribution in [0.25, 0.3) is 55.3 Å². The van der Waals surface area contributed by atoms with Crippen LogP contribution in [0.15, 0.2) is 156 Å². The molecule has 0 atom stereocenters. The van der Waals surface area contributed by atoms with Gasteiger partial charge in [-0.25, -0.2) is 9.98 Å². The summed E-state index contributed by atoms with van der Waals surface area (Å²) in [5.74, 6) is 1.48. The van der Waals surface area contributed by atoms with Crippen molar-refractivity contribution in [3.8, 4) is 44.5 Å². The molecule has 0 saturated heterocycles. The molecule has 242 valence electrons. The van der Waals surface area contributed by atoms with Crippen molar-refractivity contribution >= 4 is 22.6 Å². The van der Waals surface area contributed by atoms with Crippen LogP contribution in [0.2, 0.25) is 0 Å². The van der Waals surface area contributed by atoms with Crippen LogP contribution in [0.4, 0.5) is 0 Å². The lowest BCUT2D eigenvalue weighted by Crippen LogP contribution is -2.26. The lowest BCUT2D eigenvalue weighted by Gasteiger charge is -2.31. The highest BCUT2D eigenvalue weighted by Crippen LogP contribution is 2.64. The number of nitrogens with zero attached hydrogens (tertiary/aromatic N) is 2. The molecule has 4 heteroatoms. The second-order valence-corrected chi connectivity index (χ2v) is 13.8. The highest BCUT2D eigenvalue weighted by molar-refractivity contribution is 6.05. The maximum atomic E-state index is 5.74. The number of benzene rings is 7. The van der Waals surface area contributed by atoms with E-state index >= 15 is 0 Å². The van der Waals surface area contributed by atoms with Gasteiger partial charge in [0.15, 0.2) is 0 Å². The summed E-state index contributed by atoms with van der Waals surface area (Å²) in [7, 11) is 0. The average Bonchev–Trinajstić information content (AvgIpc) is 4.02. The van der Waals surface area contributed by atoms with Gasteiger partial charge < -0.3 is 9.47 Å². The van der Waals surface area contributed by atoms with Gasteiger partial charge in [0.1, 0.15) is 13.2 Å². The van der Waals surface area contributed by atoms with Crippen molar-refractivity contribution in [2.45, 2.75) is 5.41 Å². The number of aliphatic imine (C=N–C) groups is 2. The summed E-state index contributed by atoms with van der Waals surface area (Å²) < 4.78 is 11.4. The molecule has 0 aromatic heterocycles. The fourth-order valence-electron chi connectivity index (χ4n) is 8.97. The molecule has 0 radical (unpaired) electrons. The molecule has 0 bridgehead atoms. The smallest absolute Gasteiger partial charge is 0.216 e. The maximum Gasteiger partial charge on any atom is 0.216 e. The summed E-state index contributed by atoms with van der Waals surface area (Å²) >= 11 is 0. The molecule has 0 amide bonds. The van der Waals surface area contributed by atoms with Crippen molar-refractivity contribution in [2.75, 3.05) is 26.3 Å². The Hall–Kier alpha value is -6.26. The monoisotopic (exact) mass is 656 g/mol. The fraction of sp³-hybridized carbons (Fsp3) is 0.106. The third kappa shape index (κ3) is 4.08. The molecule has 0 unspecified atom stereocenters. The van der Waals surface area contributed by atoms with Gasteiger partial charge >= 0.3 is 0 Å². The quantitative estimate of drug-likeness (QED) is 0.189. The van der Waals surface area contributed by atoms with Gasteiger partial charge in [0.2, 0.25) is 11.8 Å². The zero-order chi connectivity index (χ0) is 33.5. The second kappa shape index (κ2) is 10.9. The van der Waals surface area contributed by atoms with Crippen molar-refractivity contribution in [2.24, 2.45) is 9.98 Å². The first-order valence-electron chi connectivity index (χ1n) is 17.7. The summed E-state index contributed by atoms with van der Waals surface area (Å²) in [6, 6.07) is 54.0. The van der Waals surface area contributed by atoms with Crippen molar-refractivity contribution < 1.29 is 9.47 Å². The molecule has 1 spiro atoms. The molecular weight excluding hydrogens is 625 g/mol. The predicted molar refractivity (Wildman–Crippen MR) is 206 cm³/mol. The van der Waals surface area contributed by atoms with Crippen molar-refractivity contribution in [1.29, 1.82) is 0 Å². The first-order chi connectivity index (χ1) is 25.3. The molecule has 0 saturated carbocycles. The summed E-state index contributed by atoms with van der Waals surface area (Å²) in [5.41, 5.74) is 17.0. The summed E-state index contributed by atoms with van der Waals surface area (Å²) in [5, 5.41) is 2.52. The minimum absolute atomic E-state index is 0.453. The average molecular weight is 657 g/mol. The van der Waals surface area contributed by atoms with E-state index in [4.69, 9.17) is 9.47 Å². The molecule has 7 aromatic rings. The molecule has 0 fully saturated rings. The molecule has 2 aliphatic carbocycles. The van der Waals surface area contributed by atoms with Crippen LogP contribution in [-0.4, -0.2) is 38.1 Å². The van der Waals surface area contributed by atoms with E-state index in [1.807, 2.05) is 0 Å². The second-order valence-electron chi connectivity index (χ2n) is 13.8. The van der Waals surface area contributed by atoms with Gasteiger partial charge in [0, 0.05) is 11.1 Å². The van der Waals surface area contributed by atoms with Crippen LogP contribution < -0.4 is 0 Å². The molecular formula is C47H32N2O2. The third-order valence-corrected chi connectivity index (χ3v) is 11.2.